The Balaban J connectivity index is 2.46. The molecular weight excluding hydrogens is 178 g/mol. The van der Waals surface area contributed by atoms with Crippen LogP contribution in [0.25, 0.3) is 0 Å². The van der Waals surface area contributed by atoms with E-state index < -0.39 is 0 Å². The van der Waals surface area contributed by atoms with Gasteiger partial charge in [-0.1, -0.05) is 0 Å². The monoisotopic (exact) mass is 199 g/mol. The fourth-order valence-corrected chi connectivity index (χ4v) is 2.19. The number of nitrogens with two attached hydrogens (primary N) is 2. The summed E-state index contributed by atoms with van der Waals surface area (Å²) in [5, 5.41) is 0. The highest BCUT2D eigenvalue weighted by atomic mass is 16.1. The quantitative estimate of drug-likeness (QED) is 0.658. The lowest BCUT2D eigenvalue weighted by atomic mass is 10.1. The number of nitrogens with zero attached hydrogens (tertiary/aromatic N) is 1. The third-order valence-electron chi connectivity index (χ3n) is 3.07. The summed E-state index contributed by atoms with van der Waals surface area (Å²) in [5.41, 5.74) is 10.8. The van der Waals surface area contributed by atoms with Gasteiger partial charge in [-0.05, 0) is 45.7 Å². The maximum atomic E-state index is 11.1. The van der Waals surface area contributed by atoms with Crippen LogP contribution in [0, 0.1) is 0 Å². The van der Waals surface area contributed by atoms with E-state index in [4.69, 9.17) is 11.5 Å². The molecule has 0 aromatic carbocycles. The van der Waals surface area contributed by atoms with Gasteiger partial charge in [0, 0.05) is 6.04 Å². The van der Waals surface area contributed by atoms with Gasteiger partial charge in [-0.25, -0.2) is 0 Å². The Hall–Kier alpha value is -0.610. The van der Waals surface area contributed by atoms with E-state index in [1.165, 1.54) is 12.8 Å². The Morgan fingerprint density at radius 2 is 2.36 bits per heavy atom. The molecule has 0 aromatic rings. The molecule has 0 aliphatic carbocycles. The Labute approximate surface area is 85.6 Å². The molecule has 1 rings (SSSR count). The van der Waals surface area contributed by atoms with Gasteiger partial charge in [0.25, 0.3) is 0 Å². The minimum Gasteiger partial charge on any atom is -0.368 e. The van der Waals surface area contributed by atoms with Crippen LogP contribution >= 0.6 is 0 Å². The lowest BCUT2D eigenvalue weighted by Gasteiger charge is -2.28. The molecule has 1 fully saturated rings. The van der Waals surface area contributed by atoms with Crippen molar-refractivity contribution in [2.45, 2.75) is 44.7 Å². The molecule has 1 amide bonds. The predicted molar refractivity (Wildman–Crippen MR) is 56.7 cm³/mol. The number of amides is 1. The molecule has 14 heavy (non-hydrogen) atoms. The van der Waals surface area contributed by atoms with Gasteiger partial charge < -0.3 is 11.5 Å². The van der Waals surface area contributed by atoms with Gasteiger partial charge in [0.15, 0.2) is 0 Å². The van der Waals surface area contributed by atoms with Crippen LogP contribution in [0.2, 0.25) is 0 Å². The number of primary amides is 1. The molecule has 2 atom stereocenters. The summed E-state index contributed by atoms with van der Waals surface area (Å²) in [6.45, 7) is 3.62. The molecular formula is C10H21N3O. The Morgan fingerprint density at radius 3 is 2.93 bits per heavy atom. The average Bonchev–Trinajstić information content (AvgIpc) is 2.61. The summed E-state index contributed by atoms with van der Waals surface area (Å²) in [6, 6.07) is 0.390. The largest absolute Gasteiger partial charge is 0.368 e. The van der Waals surface area contributed by atoms with E-state index in [0.717, 1.165) is 25.9 Å². The van der Waals surface area contributed by atoms with E-state index >= 15 is 0 Å². The molecule has 4 N–H and O–H groups in total. The van der Waals surface area contributed by atoms with E-state index in [1.54, 1.807) is 0 Å². The highest BCUT2D eigenvalue weighted by Gasteiger charge is 2.30. The fraction of sp³-hybridized carbons (Fsp3) is 0.900. The summed E-state index contributed by atoms with van der Waals surface area (Å²) < 4.78 is 0. The van der Waals surface area contributed by atoms with E-state index in [0.29, 0.717) is 6.04 Å². The lowest BCUT2D eigenvalue weighted by molar-refractivity contribution is -0.123. The average molecular weight is 199 g/mol. The van der Waals surface area contributed by atoms with Gasteiger partial charge in [-0.15, -0.1) is 0 Å². The van der Waals surface area contributed by atoms with Crippen molar-refractivity contribution in [1.29, 1.82) is 0 Å². The van der Waals surface area contributed by atoms with Crippen LogP contribution in [-0.2, 0) is 4.79 Å². The highest BCUT2D eigenvalue weighted by molar-refractivity contribution is 5.79. The van der Waals surface area contributed by atoms with Crippen LogP contribution in [0.5, 0.6) is 0 Å². The van der Waals surface area contributed by atoms with Crippen molar-refractivity contribution in [1.82, 2.24) is 4.90 Å². The van der Waals surface area contributed by atoms with Gasteiger partial charge in [0.05, 0.1) is 6.04 Å². The van der Waals surface area contributed by atoms with Crippen molar-refractivity contribution in [3.8, 4) is 0 Å². The molecule has 1 saturated heterocycles. The van der Waals surface area contributed by atoms with Gasteiger partial charge in [0.1, 0.15) is 0 Å². The minimum atomic E-state index is -0.218. The van der Waals surface area contributed by atoms with Crippen molar-refractivity contribution in [2.24, 2.45) is 11.5 Å². The first-order chi connectivity index (χ1) is 6.66. The van der Waals surface area contributed by atoms with Crippen LogP contribution in [0.3, 0.4) is 0 Å². The van der Waals surface area contributed by atoms with Crippen molar-refractivity contribution < 1.29 is 4.79 Å². The zero-order chi connectivity index (χ0) is 10.6. The van der Waals surface area contributed by atoms with E-state index in [1.807, 2.05) is 6.92 Å². The third-order valence-corrected chi connectivity index (χ3v) is 3.07. The van der Waals surface area contributed by atoms with E-state index in [9.17, 15) is 4.79 Å². The SMILES string of the molecule is CC(C(N)=O)N1CCCC1CCCN. The topological polar surface area (TPSA) is 72.4 Å². The van der Waals surface area contributed by atoms with E-state index in [2.05, 4.69) is 4.90 Å². The third kappa shape index (κ3) is 2.69. The molecule has 1 aliphatic rings. The zero-order valence-corrected chi connectivity index (χ0v) is 8.91. The molecule has 0 radical (unpaired) electrons. The molecule has 4 nitrogen and oxygen atoms in total. The second kappa shape index (κ2) is 5.32. The second-order valence-corrected chi connectivity index (χ2v) is 4.04. The number of rotatable bonds is 5. The standard InChI is InChI=1S/C10H21N3O/c1-8(10(12)14)13-7-3-5-9(13)4-2-6-11/h8-9H,2-7,11H2,1H3,(H2,12,14). The first-order valence-corrected chi connectivity index (χ1v) is 5.42. The Bertz CT molecular complexity index is 196. The summed E-state index contributed by atoms with van der Waals surface area (Å²) in [4.78, 5) is 13.3. The number of hydrogen-bond acceptors (Lipinski definition) is 3. The molecule has 4 heteroatoms. The highest BCUT2D eigenvalue weighted by Crippen LogP contribution is 2.23. The van der Waals surface area contributed by atoms with Gasteiger partial charge in [0.2, 0.25) is 5.91 Å². The normalized spacial score (nSPS) is 25.1. The molecule has 2 unspecified atom stereocenters. The molecule has 82 valence electrons. The number of carbonyl (C=O) groups excluding carboxylic acids is 1. The maximum absolute atomic E-state index is 11.1. The van der Waals surface area contributed by atoms with Crippen molar-refractivity contribution in [2.75, 3.05) is 13.1 Å². The van der Waals surface area contributed by atoms with Gasteiger partial charge in [-0.2, -0.15) is 0 Å². The molecule has 0 saturated carbocycles. The van der Waals surface area contributed by atoms with Crippen LogP contribution in [0.15, 0.2) is 0 Å². The molecule has 0 spiro atoms. The first-order valence-electron chi connectivity index (χ1n) is 5.42. The summed E-state index contributed by atoms with van der Waals surface area (Å²) in [6.07, 6.45) is 4.48. The summed E-state index contributed by atoms with van der Waals surface area (Å²) in [5.74, 6) is -0.218. The number of likely N-dealkylation sites (tertiary alicyclic amines) is 1. The Kier molecular flexibility index (Phi) is 4.35. The molecule has 0 bridgehead atoms. The Morgan fingerprint density at radius 1 is 1.64 bits per heavy atom. The van der Waals surface area contributed by atoms with E-state index in [-0.39, 0.29) is 11.9 Å². The van der Waals surface area contributed by atoms with Crippen LogP contribution < -0.4 is 11.5 Å². The number of carbonyl (C=O) groups is 1. The van der Waals surface area contributed by atoms with Crippen LogP contribution in [-0.4, -0.2) is 36.0 Å². The fourth-order valence-electron chi connectivity index (χ4n) is 2.19. The lowest BCUT2D eigenvalue weighted by Crippen LogP contribution is -2.45. The minimum absolute atomic E-state index is 0.125. The molecule has 1 heterocycles. The zero-order valence-electron chi connectivity index (χ0n) is 8.91. The predicted octanol–water partition coefficient (Wildman–Crippen LogP) is 0.0635. The summed E-state index contributed by atoms with van der Waals surface area (Å²) in [7, 11) is 0. The summed E-state index contributed by atoms with van der Waals surface area (Å²) >= 11 is 0. The van der Waals surface area contributed by atoms with Gasteiger partial charge in [-0.3, -0.25) is 9.69 Å². The van der Waals surface area contributed by atoms with Crippen molar-refractivity contribution in [3.63, 3.8) is 0 Å². The molecule has 0 aromatic heterocycles. The van der Waals surface area contributed by atoms with Crippen molar-refractivity contribution >= 4 is 5.91 Å². The van der Waals surface area contributed by atoms with Crippen molar-refractivity contribution in [3.05, 3.63) is 0 Å². The second-order valence-electron chi connectivity index (χ2n) is 4.04. The maximum Gasteiger partial charge on any atom is 0.234 e. The van der Waals surface area contributed by atoms with Crippen LogP contribution in [0.1, 0.15) is 32.6 Å². The number of hydrogen-bond donors (Lipinski definition) is 2. The molecule has 1 aliphatic heterocycles. The van der Waals surface area contributed by atoms with Crippen LogP contribution in [0.4, 0.5) is 0 Å². The smallest absolute Gasteiger partial charge is 0.234 e. The first kappa shape index (κ1) is 11.5. The van der Waals surface area contributed by atoms with Gasteiger partial charge >= 0.3 is 0 Å².